The molecule has 0 saturated carbocycles. The second-order valence-electron chi connectivity index (χ2n) is 3.31. The molecule has 0 spiro atoms. The van der Waals surface area contributed by atoms with Gasteiger partial charge in [-0.1, -0.05) is 13.8 Å². The summed E-state index contributed by atoms with van der Waals surface area (Å²) in [5.41, 5.74) is 0.487. The van der Waals surface area contributed by atoms with Gasteiger partial charge in [0.25, 0.3) is 5.56 Å². The molecule has 0 aromatic carbocycles. The minimum atomic E-state index is -0.122. The predicted molar refractivity (Wildman–Crippen MR) is 64.1 cm³/mol. The number of anilines is 2. The number of hydrogen-bond acceptors (Lipinski definition) is 4. The van der Waals surface area contributed by atoms with Crippen molar-refractivity contribution in [2.75, 3.05) is 23.9 Å². The molecule has 0 radical (unpaired) electrons. The zero-order valence-electron chi connectivity index (χ0n) is 9.61. The van der Waals surface area contributed by atoms with E-state index < -0.39 is 0 Å². The molecule has 3 heterocycles. The number of aromatic nitrogens is 3. The van der Waals surface area contributed by atoms with Crippen LogP contribution in [0.2, 0.25) is 0 Å². The van der Waals surface area contributed by atoms with Crippen LogP contribution in [-0.2, 0) is 0 Å². The third-order valence-electron chi connectivity index (χ3n) is 2.40. The number of nitrogens with zero attached hydrogens (tertiary/aromatic N) is 3. The molecule has 0 bridgehead atoms. The van der Waals surface area contributed by atoms with Crippen LogP contribution in [0.4, 0.5) is 11.5 Å². The zero-order valence-corrected chi connectivity index (χ0v) is 9.61. The number of imidazole rings is 1. The number of rotatable bonds is 0. The predicted octanol–water partition coefficient (Wildman–Crippen LogP) is 0.868. The highest BCUT2D eigenvalue weighted by Gasteiger charge is 2.21. The van der Waals surface area contributed by atoms with Crippen molar-refractivity contribution in [3.05, 3.63) is 22.7 Å². The van der Waals surface area contributed by atoms with Crippen molar-refractivity contribution >= 4 is 17.3 Å². The van der Waals surface area contributed by atoms with Crippen LogP contribution in [0.3, 0.4) is 0 Å². The van der Waals surface area contributed by atoms with Crippen LogP contribution >= 0.6 is 0 Å². The van der Waals surface area contributed by atoms with Crippen molar-refractivity contribution in [3.8, 4) is 0 Å². The average Bonchev–Trinajstić information content (AvgIpc) is 2.88. The van der Waals surface area contributed by atoms with Gasteiger partial charge in [0.1, 0.15) is 11.5 Å². The maximum atomic E-state index is 11.6. The maximum Gasteiger partial charge on any atom is 0.277 e. The molecule has 0 aliphatic carbocycles. The Morgan fingerprint density at radius 1 is 1.44 bits per heavy atom. The van der Waals surface area contributed by atoms with Gasteiger partial charge < -0.3 is 10.2 Å². The monoisotopic (exact) mass is 221 g/mol. The molecule has 3 rings (SSSR count). The van der Waals surface area contributed by atoms with Gasteiger partial charge in [-0.05, 0) is 0 Å². The summed E-state index contributed by atoms with van der Waals surface area (Å²) in [6, 6.07) is 0. The third-order valence-corrected chi connectivity index (χ3v) is 2.40. The van der Waals surface area contributed by atoms with Gasteiger partial charge in [0, 0.05) is 19.4 Å². The van der Waals surface area contributed by atoms with Gasteiger partial charge in [-0.3, -0.25) is 14.2 Å². The summed E-state index contributed by atoms with van der Waals surface area (Å²) in [5.74, 6) is 1.44. The standard InChI is InChI=1S/C8H9N5O.C2H6/c1-12-4-10-5-6(14)11-8-9-2-3-13(8)7(5)12;1-2/h2-3,10H,4H2,1H3,(H,9,11,14);1-2H3. The van der Waals surface area contributed by atoms with E-state index in [1.807, 2.05) is 36.4 Å². The van der Waals surface area contributed by atoms with Crippen LogP contribution in [0.15, 0.2) is 17.2 Å². The molecule has 0 saturated heterocycles. The molecule has 16 heavy (non-hydrogen) atoms. The summed E-state index contributed by atoms with van der Waals surface area (Å²) in [5, 5.41) is 3.03. The summed E-state index contributed by atoms with van der Waals surface area (Å²) in [4.78, 5) is 20.3. The van der Waals surface area contributed by atoms with Crippen molar-refractivity contribution in [1.29, 1.82) is 0 Å². The molecule has 6 nitrogen and oxygen atoms in total. The Morgan fingerprint density at radius 3 is 2.94 bits per heavy atom. The van der Waals surface area contributed by atoms with Gasteiger partial charge in [0.2, 0.25) is 5.78 Å². The third kappa shape index (κ3) is 1.34. The fourth-order valence-electron chi connectivity index (χ4n) is 1.76. The van der Waals surface area contributed by atoms with Crippen molar-refractivity contribution in [2.45, 2.75) is 13.8 Å². The topological polar surface area (TPSA) is 65.4 Å². The molecule has 1 aliphatic heterocycles. The molecule has 86 valence electrons. The lowest BCUT2D eigenvalue weighted by Crippen LogP contribution is -2.17. The molecule has 0 unspecified atom stereocenters. The van der Waals surface area contributed by atoms with Crippen LogP contribution in [0.1, 0.15) is 13.8 Å². The average molecular weight is 221 g/mol. The highest BCUT2D eigenvalue weighted by molar-refractivity contribution is 5.72. The van der Waals surface area contributed by atoms with E-state index in [1.54, 1.807) is 6.20 Å². The Kier molecular flexibility index (Phi) is 2.55. The molecule has 1 aliphatic rings. The summed E-state index contributed by atoms with van der Waals surface area (Å²) in [6.45, 7) is 4.65. The Labute approximate surface area is 92.9 Å². The number of H-pyrrole nitrogens is 1. The highest BCUT2D eigenvalue weighted by atomic mass is 16.1. The second-order valence-corrected chi connectivity index (χ2v) is 3.31. The lowest BCUT2D eigenvalue weighted by atomic mass is 10.4. The summed E-state index contributed by atoms with van der Waals surface area (Å²) >= 11 is 0. The SMILES string of the molecule is CC.CN1CNc2c1n1ccnc1[nH]c2=O. The molecule has 2 aromatic rings. The highest BCUT2D eigenvalue weighted by Crippen LogP contribution is 2.25. The van der Waals surface area contributed by atoms with E-state index in [4.69, 9.17) is 0 Å². The smallest absolute Gasteiger partial charge is 0.277 e. The Hall–Kier alpha value is -1.98. The largest absolute Gasteiger partial charge is 0.360 e. The van der Waals surface area contributed by atoms with E-state index >= 15 is 0 Å². The van der Waals surface area contributed by atoms with Crippen molar-refractivity contribution in [2.24, 2.45) is 0 Å². The minimum absolute atomic E-state index is 0.122. The summed E-state index contributed by atoms with van der Waals surface area (Å²) in [7, 11) is 1.93. The van der Waals surface area contributed by atoms with E-state index in [-0.39, 0.29) is 5.56 Å². The second kappa shape index (κ2) is 3.88. The first-order valence-electron chi connectivity index (χ1n) is 5.32. The Balaban J connectivity index is 0.000000457. The lowest BCUT2D eigenvalue weighted by Gasteiger charge is -2.10. The van der Waals surface area contributed by atoms with E-state index in [0.29, 0.717) is 18.1 Å². The Morgan fingerprint density at radius 2 is 2.19 bits per heavy atom. The van der Waals surface area contributed by atoms with Gasteiger partial charge in [-0.15, -0.1) is 0 Å². The van der Waals surface area contributed by atoms with Crippen LogP contribution in [0.5, 0.6) is 0 Å². The molecule has 0 atom stereocenters. The van der Waals surface area contributed by atoms with Gasteiger partial charge in [0.05, 0.1) is 6.67 Å². The molecular formula is C10H15N5O. The van der Waals surface area contributed by atoms with Gasteiger partial charge >= 0.3 is 0 Å². The normalized spacial score (nSPS) is 13.1. The zero-order chi connectivity index (χ0) is 11.7. The van der Waals surface area contributed by atoms with Crippen molar-refractivity contribution in [1.82, 2.24) is 14.4 Å². The number of fused-ring (bicyclic) bond motifs is 3. The van der Waals surface area contributed by atoms with Crippen LogP contribution in [0.25, 0.3) is 5.78 Å². The molecule has 2 N–H and O–H groups in total. The first-order valence-corrected chi connectivity index (χ1v) is 5.32. The van der Waals surface area contributed by atoms with Crippen LogP contribution in [-0.4, -0.2) is 28.1 Å². The van der Waals surface area contributed by atoms with Gasteiger partial charge in [-0.2, -0.15) is 0 Å². The Bertz CT molecular complexity index is 556. The van der Waals surface area contributed by atoms with Crippen molar-refractivity contribution < 1.29 is 0 Å². The molecule has 0 fully saturated rings. The lowest BCUT2D eigenvalue weighted by molar-refractivity contribution is 0.976. The molecular weight excluding hydrogens is 206 g/mol. The van der Waals surface area contributed by atoms with Crippen LogP contribution in [0, 0.1) is 0 Å². The van der Waals surface area contributed by atoms with E-state index in [2.05, 4.69) is 15.3 Å². The van der Waals surface area contributed by atoms with Gasteiger partial charge in [-0.25, -0.2) is 4.98 Å². The quantitative estimate of drug-likeness (QED) is 0.692. The number of nitrogens with one attached hydrogen (secondary N) is 2. The van der Waals surface area contributed by atoms with Crippen molar-refractivity contribution in [3.63, 3.8) is 0 Å². The number of aromatic amines is 1. The minimum Gasteiger partial charge on any atom is -0.360 e. The first-order chi connectivity index (χ1) is 7.77. The fraction of sp³-hybridized carbons (Fsp3) is 0.400. The van der Waals surface area contributed by atoms with E-state index in [0.717, 1.165) is 5.82 Å². The fourth-order valence-corrected chi connectivity index (χ4v) is 1.76. The van der Waals surface area contributed by atoms with Crippen LogP contribution < -0.4 is 15.8 Å². The maximum absolute atomic E-state index is 11.6. The summed E-state index contributed by atoms with van der Waals surface area (Å²) in [6.07, 6.45) is 3.49. The molecule has 2 aromatic heterocycles. The van der Waals surface area contributed by atoms with Gasteiger partial charge in [0.15, 0.2) is 0 Å². The number of hydrogen-bond donors (Lipinski definition) is 2. The van der Waals surface area contributed by atoms with E-state index in [9.17, 15) is 4.79 Å². The first kappa shape index (κ1) is 10.5. The van der Waals surface area contributed by atoms with E-state index in [1.165, 1.54) is 0 Å². The molecule has 6 heteroatoms. The molecule has 0 amide bonds. The summed E-state index contributed by atoms with van der Waals surface area (Å²) < 4.78 is 1.86.